The van der Waals surface area contributed by atoms with Crippen LogP contribution in [0.5, 0.6) is 0 Å². The molecule has 3 aliphatic carbocycles. The standard InChI is InChI=1S/C23H37F3O/c1-2-15-27-21-13-11-19(12-14-21)17-5-3-16(4-6-17)18-7-9-20(10-8-18)22(24)23(25)26/h16-21H,2-15H2,1H3. The van der Waals surface area contributed by atoms with E-state index in [1.165, 1.54) is 51.4 Å². The summed E-state index contributed by atoms with van der Waals surface area (Å²) in [6.45, 7) is 3.07. The summed E-state index contributed by atoms with van der Waals surface area (Å²) in [5, 5.41) is 0. The fourth-order valence-electron chi connectivity index (χ4n) is 6.10. The molecule has 156 valence electrons. The average molecular weight is 387 g/mol. The zero-order valence-electron chi connectivity index (χ0n) is 16.9. The maximum atomic E-state index is 13.5. The van der Waals surface area contributed by atoms with Gasteiger partial charge in [0.1, 0.15) is 0 Å². The molecule has 0 heterocycles. The molecule has 0 amide bonds. The molecule has 0 aromatic heterocycles. The van der Waals surface area contributed by atoms with E-state index in [1.807, 2.05) is 0 Å². The third kappa shape index (κ3) is 5.74. The van der Waals surface area contributed by atoms with Crippen molar-refractivity contribution in [2.24, 2.45) is 29.6 Å². The molecule has 0 aromatic carbocycles. The maximum absolute atomic E-state index is 13.5. The summed E-state index contributed by atoms with van der Waals surface area (Å²) in [4.78, 5) is 0. The SMILES string of the molecule is CCCOC1CCC(C2CCC(C3CCC(C(F)=C(F)F)CC3)CC2)CC1. The highest BCUT2D eigenvalue weighted by Gasteiger charge is 2.35. The fourth-order valence-corrected chi connectivity index (χ4v) is 6.10. The highest BCUT2D eigenvalue weighted by atomic mass is 19.3. The lowest BCUT2D eigenvalue weighted by atomic mass is 9.65. The summed E-state index contributed by atoms with van der Waals surface area (Å²) in [7, 11) is 0. The first-order chi connectivity index (χ1) is 13.1. The zero-order chi connectivity index (χ0) is 19.2. The Labute approximate surface area is 163 Å². The summed E-state index contributed by atoms with van der Waals surface area (Å²) < 4.78 is 44.3. The van der Waals surface area contributed by atoms with E-state index in [9.17, 15) is 13.2 Å². The summed E-state index contributed by atoms with van der Waals surface area (Å²) >= 11 is 0. The quantitative estimate of drug-likeness (QED) is 0.455. The van der Waals surface area contributed by atoms with Gasteiger partial charge in [0.15, 0.2) is 5.83 Å². The van der Waals surface area contributed by atoms with Crippen molar-refractivity contribution in [2.45, 2.75) is 96.5 Å². The highest BCUT2D eigenvalue weighted by molar-refractivity contribution is 5.00. The van der Waals surface area contributed by atoms with Gasteiger partial charge in [-0.25, -0.2) is 4.39 Å². The van der Waals surface area contributed by atoms with Gasteiger partial charge in [0, 0.05) is 12.5 Å². The molecular formula is C23H37F3O. The third-order valence-electron chi connectivity index (χ3n) is 7.74. The molecule has 0 N–H and O–H groups in total. The van der Waals surface area contributed by atoms with Crippen molar-refractivity contribution >= 4 is 0 Å². The Balaban J connectivity index is 1.37. The lowest BCUT2D eigenvalue weighted by Crippen LogP contribution is -2.31. The number of halogens is 3. The van der Waals surface area contributed by atoms with Crippen LogP contribution < -0.4 is 0 Å². The first-order valence-electron chi connectivity index (χ1n) is 11.4. The second kappa shape index (κ2) is 10.3. The number of allylic oxidation sites excluding steroid dienone is 1. The fraction of sp³-hybridized carbons (Fsp3) is 0.913. The molecule has 0 saturated heterocycles. The molecule has 3 rings (SSSR count). The molecule has 0 aliphatic heterocycles. The second-order valence-corrected chi connectivity index (χ2v) is 9.30. The summed E-state index contributed by atoms with van der Waals surface area (Å²) in [6, 6.07) is 0. The predicted molar refractivity (Wildman–Crippen MR) is 103 cm³/mol. The van der Waals surface area contributed by atoms with Gasteiger partial charge in [0.25, 0.3) is 0 Å². The van der Waals surface area contributed by atoms with Crippen LogP contribution in [0.4, 0.5) is 13.2 Å². The van der Waals surface area contributed by atoms with Crippen molar-refractivity contribution in [3.05, 3.63) is 11.9 Å². The van der Waals surface area contributed by atoms with Gasteiger partial charge in [-0.05, 0) is 107 Å². The van der Waals surface area contributed by atoms with E-state index in [0.29, 0.717) is 24.9 Å². The van der Waals surface area contributed by atoms with Crippen LogP contribution in [0.2, 0.25) is 0 Å². The van der Waals surface area contributed by atoms with Crippen LogP contribution in [0.15, 0.2) is 11.9 Å². The normalized spacial score (nSPS) is 37.8. The summed E-state index contributed by atoms with van der Waals surface area (Å²) in [6.07, 6.45) is 13.0. The topological polar surface area (TPSA) is 9.23 Å². The number of ether oxygens (including phenoxy) is 1. The summed E-state index contributed by atoms with van der Waals surface area (Å²) in [5.41, 5.74) is 0. The van der Waals surface area contributed by atoms with Crippen molar-refractivity contribution in [1.29, 1.82) is 0 Å². The second-order valence-electron chi connectivity index (χ2n) is 9.30. The molecule has 3 saturated carbocycles. The minimum absolute atomic E-state index is 0.497. The molecular weight excluding hydrogens is 349 g/mol. The predicted octanol–water partition coefficient (Wildman–Crippen LogP) is 7.66. The van der Waals surface area contributed by atoms with Crippen LogP contribution in [0.3, 0.4) is 0 Å². The Morgan fingerprint density at radius 3 is 1.48 bits per heavy atom. The Hall–Kier alpha value is -0.510. The van der Waals surface area contributed by atoms with Crippen molar-refractivity contribution in [2.75, 3.05) is 6.61 Å². The third-order valence-corrected chi connectivity index (χ3v) is 7.74. The van der Waals surface area contributed by atoms with E-state index in [2.05, 4.69) is 6.92 Å². The number of hydrogen-bond acceptors (Lipinski definition) is 1. The molecule has 0 spiro atoms. The van der Waals surface area contributed by atoms with E-state index in [4.69, 9.17) is 4.74 Å². The van der Waals surface area contributed by atoms with E-state index in [1.54, 1.807) is 0 Å². The first-order valence-corrected chi connectivity index (χ1v) is 11.4. The van der Waals surface area contributed by atoms with E-state index in [0.717, 1.165) is 43.6 Å². The molecule has 0 radical (unpaired) electrons. The average Bonchev–Trinajstić information content (AvgIpc) is 2.72. The molecule has 0 bridgehead atoms. The van der Waals surface area contributed by atoms with Crippen molar-refractivity contribution in [1.82, 2.24) is 0 Å². The Morgan fingerprint density at radius 1 is 0.667 bits per heavy atom. The van der Waals surface area contributed by atoms with E-state index in [-0.39, 0.29) is 0 Å². The maximum Gasteiger partial charge on any atom is 0.301 e. The van der Waals surface area contributed by atoms with Crippen LogP contribution >= 0.6 is 0 Å². The van der Waals surface area contributed by atoms with Crippen molar-refractivity contribution in [3.63, 3.8) is 0 Å². The van der Waals surface area contributed by atoms with Crippen LogP contribution in [-0.2, 0) is 4.74 Å². The minimum Gasteiger partial charge on any atom is -0.378 e. The molecule has 1 nitrogen and oxygen atoms in total. The number of rotatable bonds is 6. The van der Waals surface area contributed by atoms with Gasteiger partial charge in [-0.1, -0.05) is 6.92 Å². The van der Waals surface area contributed by atoms with Crippen LogP contribution in [0.25, 0.3) is 0 Å². The lowest BCUT2D eigenvalue weighted by molar-refractivity contribution is 0.00573. The minimum atomic E-state index is -2.10. The lowest BCUT2D eigenvalue weighted by Gasteiger charge is -2.41. The molecule has 0 atom stereocenters. The molecule has 4 heteroatoms. The smallest absolute Gasteiger partial charge is 0.301 e. The van der Waals surface area contributed by atoms with Crippen LogP contribution in [0, 0.1) is 29.6 Å². The monoisotopic (exact) mass is 386 g/mol. The van der Waals surface area contributed by atoms with Crippen molar-refractivity contribution in [3.8, 4) is 0 Å². The zero-order valence-corrected chi connectivity index (χ0v) is 16.9. The van der Waals surface area contributed by atoms with Gasteiger partial charge >= 0.3 is 6.08 Å². The number of hydrogen-bond donors (Lipinski definition) is 0. The van der Waals surface area contributed by atoms with Gasteiger partial charge < -0.3 is 4.74 Å². The summed E-state index contributed by atoms with van der Waals surface area (Å²) in [5.74, 6) is 1.48. The Kier molecular flexibility index (Phi) is 8.10. The molecule has 3 aliphatic rings. The van der Waals surface area contributed by atoms with Crippen LogP contribution in [-0.4, -0.2) is 12.7 Å². The largest absolute Gasteiger partial charge is 0.378 e. The van der Waals surface area contributed by atoms with E-state index >= 15 is 0 Å². The first kappa shape index (κ1) is 21.2. The van der Waals surface area contributed by atoms with E-state index < -0.39 is 17.8 Å². The van der Waals surface area contributed by atoms with Gasteiger partial charge in [0.2, 0.25) is 0 Å². The molecule has 3 fully saturated rings. The molecule has 0 unspecified atom stereocenters. The van der Waals surface area contributed by atoms with Gasteiger partial charge in [-0.3, -0.25) is 0 Å². The molecule has 0 aromatic rings. The van der Waals surface area contributed by atoms with Gasteiger partial charge in [0.05, 0.1) is 6.10 Å². The van der Waals surface area contributed by atoms with Crippen molar-refractivity contribution < 1.29 is 17.9 Å². The highest BCUT2D eigenvalue weighted by Crippen LogP contribution is 2.46. The molecule has 27 heavy (non-hydrogen) atoms. The van der Waals surface area contributed by atoms with Gasteiger partial charge in [-0.15, -0.1) is 0 Å². The van der Waals surface area contributed by atoms with Gasteiger partial charge in [-0.2, -0.15) is 8.78 Å². The Morgan fingerprint density at radius 2 is 1.07 bits per heavy atom. The van der Waals surface area contributed by atoms with Crippen LogP contribution in [0.1, 0.15) is 90.4 Å². The Bertz CT molecular complexity index is 464.